The van der Waals surface area contributed by atoms with Crippen LogP contribution in [0.25, 0.3) is 0 Å². The number of aliphatic carboxylic acids is 1. The van der Waals surface area contributed by atoms with Gasteiger partial charge >= 0.3 is 5.97 Å². The summed E-state index contributed by atoms with van der Waals surface area (Å²) in [5.41, 5.74) is 0.0555. The van der Waals surface area contributed by atoms with E-state index in [1.54, 1.807) is 22.7 Å². The number of hydrogen-bond donors (Lipinski definition) is 1. The normalized spacial score (nSPS) is 24.0. The van der Waals surface area contributed by atoms with Crippen LogP contribution in [0.3, 0.4) is 0 Å². The number of anilines is 2. The molecule has 4 aliphatic rings. The van der Waals surface area contributed by atoms with Crippen LogP contribution in [0.2, 0.25) is 0 Å². The zero-order valence-corrected chi connectivity index (χ0v) is 24.7. The van der Waals surface area contributed by atoms with Gasteiger partial charge in [0.25, 0.3) is 0 Å². The number of carboxylic acid groups (broad SMARTS) is 1. The minimum Gasteiger partial charge on any atom is -0.491 e. The van der Waals surface area contributed by atoms with Crippen molar-refractivity contribution in [1.29, 1.82) is 0 Å². The van der Waals surface area contributed by atoms with Crippen LogP contribution in [0.15, 0.2) is 46.2 Å². The van der Waals surface area contributed by atoms with E-state index in [1.807, 2.05) is 0 Å². The summed E-state index contributed by atoms with van der Waals surface area (Å²) >= 11 is 1.58. The van der Waals surface area contributed by atoms with Gasteiger partial charge in [0.05, 0.1) is 23.8 Å². The molecule has 1 spiro atoms. The monoisotopic (exact) mass is 626 g/mol. The lowest BCUT2D eigenvalue weighted by Crippen LogP contribution is -2.53. The summed E-state index contributed by atoms with van der Waals surface area (Å²) in [5, 5.41) is 10.1. The van der Waals surface area contributed by atoms with E-state index < -0.39 is 46.1 Å². The highest BCUT2D eigenvalue weighted by molar-refractivity contribution is 8.00. The second-order valence-electron chi connectivity index (χ2n) is 12.0. The van der Waals surface area contributed by atoms with Gasteiger partial charge in [0.1, 0.15) is 28.5 Å². The second kappa shape index (κ2) is 10.9. The Hall–Kier alpha value is -2.48. The van der Waals surface area contributed by atoms with Crippen molar-refractivity contribution in [2.45, 2.75) is 66.0 Å². The summed E-state index contributed by atoms with van der Waals surface area (Å²) in [6.07, 6.45) is 1.36. The minimum absolute atomic E-state index is 0.00784. The molecule has 2 saturated carbocycles. The number of ether oxygens (including phenoxy) is 2. The van der Waals surface area contributed by atoms with E-state index in [4.69, 9.17) is 9.47 Å². The first-order valence-corrected chi connectivity index (χ1v) is 16.3. The van der Waals surface area contributed by atoms with E-state index in [0.717, 1.165) is 17.1 Å². The maximum Gasteiger partial charge on any atom is 0.317 e. The number of sulfonamides is 1. The molecule has 0 bridgehead atoms. The van der Waals surface area contributed by atoms with Gasteiger partial charge in [0, 0.05) is 43.1 Å². The molecule has 2 aromatic rings. The molecule has 1 N–H and O–H groups in total. The van der Waals surface area contributed by atoms with Crippen LogP contribution in [0.4, 0.5) is 24.5 Å². The van der Waals surface area contributed by atoms with Crippen molar-refractivity contribution in [3.8, 4) is 5.75 Å². The van der Waals surface area contributed by atoms with E-state index >= 15 is 0 Å². The van der Waals surface area contributed by atoms with E-state index in [-0.39, 0.29) is 43.4 Å². The number of fused-ring (bicyclic) bond motifs is 1. The van der Waals surface area contributed by atoms with Gasteiger partial charge in [-0.15, -0.1) is 11.8 Å². The molecule has 0 aromatic heterocycles. The molecule has 1 saturated heterocycles. The first-order chi connectivity index (χ1) is 19.9. The summed E-state index contributed by atoms with van der Waals surface area (Å²) in [6, 6.07) is 8.00. The molecular weight excluding hydrogens is 593 g/mol. The highest BCUT2D eigenvalue weighted by atomic mass is 32.2. The molecule has 228 valence electrons. The average molecular weight is 627 g/mol. The van der Waals surface area contributed by atoms with Gasteiger partial charge in [-0.3, -0.25) is 4.79 Å². The summed E-state index contributed by atoms with van der Waals surface area (Å²) < 4.78 is 80.8. The molecule has 0 amide bonds. The number of rotatable bonds is 10. The topological polar surface area (TPSA) is 96.4 Å². The van der Waals surface area contributed by atoms with Crippen molar-refractivity contribution in [3.05, 3.63) is 42.2 Å². The maximum absolute atomic E-state index is 14.0. The first-order valence-electron chi connectivity index (χ1n) is 14.0. The van der Waals surface area contributed by atoms with Crippen molar-refractivity contribution in [2.24, 2.45) is 10.8 Å². The lowest BCUT2D eigenvalue weighted by Gasteiger charge is -2.38. The van der Waals surface area contributed by atoms with Crippen LogP contribution in [0, 0.1) is 16.6 Å². The fourth-order valence-corrected chi connectivity index (χ4v) is 9.18. The highest BCUT2D eigenvalue weighted by Crippen LogP contribution is 2.65. The van der Waals surface area contributed by atoms with Crippen molar-refractivity contribution in [2.75, 3.05) is 38.3 Å². The van der Waals surface area contributed by atoms with E-state index in [0.29, 0.717) is 26.9 Å². The molecule has 2 aromatic carbocycles. The number of hydrogen-bond acceptors (Lipinski definition) is 7. The Morgan fingerprint density at radius 1 is 1.19 bits per heavy atom. The molecule has 0 unspecified atom stereocenters. The van der Waals surface area contributed by atoms with Crippen LogP contribution in [0.1, 0.15) is 38.5 Å². The summed E-state index contributed by atoms with van der Waals surface area (Å²) in [5.74, 6) is -1.26. The van der Waals surface area contributed by atoms with Gasteiger partial charge in [-0.25, -0.2) is 21.6 Å². The molecule has 1 atom stereocenters. The smallest absolute Gasteiger partial charge is 0.317 e. The molecule has 2 aliphatic carbocycles. The van der Waals surface area contributed by atoms with E-state index in [9.17, 15) is 31.5 Å². The molecule has 6 rings (SSSR count). The molecule has 13 heteroatoms. The van der Waals surface area contributed by atoms with Crippen molar-refractivity contribution < 1.29 is 41.0 Å². The molecule has 8 nitrogen and oxygen atoms in total. The van der Waals surface area contributed by atoms with Gasteiger partial charge in [-0.1, -0.05) is 0 Å². The van der Waals surface area contributed by atoms with Crippen LogP contribution >= 0.6 is 11.8 Å². The third kappa shape index (κ3) is 5.48. The number of alkyl halides is 2. The number of carbonyl (C=O) groups is 1. The fourth-order valence-electron chi connectivity index (χ4n) is 5.97. The van der Waals surface area contributed by atoms with Crippen molar-refractivity contribution in [3.63, 3.8) is 0 Å². The Balaban J connectivity index is 1.43. The Labute approximate surface area is 247 Å². The Bertz CT molecular complexity index is 1460. The molecule has 2 aliphatic heterocycles. The Morgan fingerprint density at radius 3 is 2.45 bits per heavy atom. The van der Waals surface area contributed by atoms with Crippen molar-refractivity contribution in [1.82, 2.24) is 4.31 Å². The summed E-state index contributed by atoms with van der Waals surface area (Å²) in [6.45, 7) is -0.132. The predicted molar refractivity (Wildman–Crippen MR) is 151 cm³/mol. The van der Waals surface area contributed by atoms with Crippen LogP contribution in [-0.4, -0.2) is 74.9 Å². The molecular formula is C29H33F3N2O6S2. The van der Waals surface area contributed by atoms with Crippen LogP contribution in [0.5, 0.6) is 5.75 Å². The minimum atomic E-state index is -4.19. The number of thioether (sulfide) groups is 1. The lowest BCUT2D eigenvalue weighted by molar-refractivity contribution is -0.185. The largest absolute Gasteiger partial charge is 0.491 e. The third-order valence-electron chi connectivity index (χ3n) is 9.02. The van der Waals surface area contributed by atoms with Gasteiger partial charge in [-0.2, -0.15) is 4.31 Å². The van der Waals surface area contributed by atoms with Crippen LogP contribution in [-0.2, 0) is 19.6 Å². The molecule has 2 heterocycles. The highest BCUT2D eigenvalue weighted by Gasteiger charge is 2.53. The predicted octanol–water partition coefficient (Wildman–Crippen LogP) is 5.53. The lowest BCUT2D eigenvalue weighted by atomic mass is 9.81. The number of halogens is 3. The maximum atomic E-state index is 14.0. The Morgan fingerprint density at radius 2 is 1.88 bits per heavy atom. The third-order valence-corrected chi connectivity index (χ3v) is 12.2. The zero-order valence-electron chi connectivity index (χ0n) is 23.1. The summed E-state index contributed by atoms with van der Waals surface area (Å²) in [4.78, 5) is 14.3. The standard InChI is InChI=1S/C29H33F3N2O6S2/c1-33-20(6-7-26(31)32)14-34(19-4-2-18(30)3-5-19)22-10-24(41-21-12-28(13-21)8-9-28)23(11-25(22)42(33,37)38)40-17-29(27(35)36)15-39-16-29/h2-5,10-11,20-21,26H,6-9,12-17H2,1H3,(H,35,36)/t20-/m1/s1. The average Bonchev–Trinajstić information content (AvgIpc) is 3.70. The number of benzene rings is 2. The first kappa shape index (κ1) is 29.6. The van der Waals surface area contributed by atoms with E-state index in [1.165, 1.54) is 50.2 Å². The molecule has 42 heavy (non-hydrogen) atoms. The van der Waals surface area contributed by atoms with Crippen LogP contribution < -0.4 is 9.64 Å². The SMILES string of the molecule is CN1[C@H](CCC(F)F)CN(c2ccc(F)cc2)c2cc(SC3CC4(CC4)C3)c(OCC3(C(=O)O)COC3)cc2S1(=O)=O. The zero-order chi connectivity index (χ0) is 29.9. The number of nitrogens with zero attached hydrogens (tertiary/aromatic N) is 2. The van der Waals surface area contributed by atoms with E-state index in [2.05, 4.69) is 0 Å². The molecule has 0 radical (unpaired) electrons. The quantitative estimate of drug-likeness (QED) is 0.368. The van der Waals surface area contributed by atoms with Gasteiger partial charge in [0.2, 0.25) is 16.4 Å². The molecule has 3 fully saturated rings. The van der Waals surface area contributed by atoms with Gasteiger partial charge < -0.3 is 19.5 Å². The number of likely N-dealkylation sites (N-methyl/N-ethyl adjacent to an activating group) is 1. The second-order valence-corrected chi connectivity index (χ2v) is 15.3. The number of carboxylic acids is 1. The Kier molecular flexibility index (Phi) is 7.68. The van der Waals surface area contributed by atoms with Gasteiger partial charge in [0.15, 0.2) is 0 Å². The van der Waals surface area contributed by atoms with Gasteiger partial charge in [-0.05, 0) is 67.9 Å². The van der Waals surface area contributed by atoms with Crippen molar-refractivity contribution >= 4 is 39.1 Å². The fraction of sp³-hybridized carbons (Fsp3) is 0.552. The summed E-state index contributed by atoms with van der Waals surface area (Å²) in [7, 11) is -2.81.